The second kappa shape index (κ2) is 7.23. The first-order valence-corrected chi connectivity index (χ1v) is 8.20. The number of ether oxygens (including phenoxy) is 1. The molecule has 0 aliphatic carbocycles. The Hall–Kier alpha value is -2.06. The number of hydrogen-bond donors (Lipinski definition) is 0. The topological polar surface area (TPSA) is 53.3 Å². The Balaban J connectivity index is 1.80. The summed E-state index contributed by atoms with van der Waals surface area (Å²) in [5.41, 5.74) is 1.77. The van der Waals surface area contributed by atoms with Crippen LogP contribution >= 0.6 is 23.2 Å². The van der Waals surface area contributed by atoms with Crippen LogP contribution < -0.4 is 0 Å². The molecule has 0 bridgehead atoms. The highest BCUT2D eigenvalue weighted by atomic mass is 35.5. The van der Waals surface area contributed by atoms with E-state index in [4.69, 9.17) is 33.2 Å². The zero-order valence-corrected chi connectivity index (χ0v) is 14.2. The molecule has 24 heavy (non-hydrogen) atoms. The van der Waals surface area contributed by atoms with Gasteiger partial charge in [-0.05, 0) is 30.3 Å². The van der Waals surface area contributed by atoms with Gasteiger partial charge in [-0.3, -0.25) is 4.79 Å². The van der Waals surface area contributed by atoms with E-state index in [9.17, 15) is 4.79 Å². The number of nitrogens with zero attached hydrogens (tertiary/aromatic N) is 2. The number of halogens is 2. The van der Waals surface area contributed by atoms with E-state index in [-0.39, 0.29) is 12.0 Å². The Morgan fingerprint density at radius 2 is 2.08 bits per heavy atom. The van der Waals surface area contributed by atoms with E-state index in [2.05, 4.69) is 0 Å². The van der Waals surface area contributed by atoms with E-state index in [0.29, 0.717) is 40.9 Å². The molecule has 0 aromatic heterocycles. The molecule has 3 rings (SSSR count). The normalized spacial score (nSPS) is 17.4. The minimum atomic E-state index is -0.299. The molecule has 1 fully saturated rings. The molecule has 1 amide bonds. The van der Waals surface area contributed by atoms with Gasteiger partial charge in [-0.2, -0.15) is 5.26 Å². The SMILES string of the molecule is N#Cc1cccc(C(=O)N2CCOC(c3ccc(Cl)cc3Cl)C2)c1. The van der Waals surface area contributed by atoms with Crippen LogP contribution in [0.1, 0.15) is 27.6 Å². The van der Waals surface area contributed by atoms with Gasteiger partial charge in [0.25, 0.3) is 5.91 Å². The highest BCUT2D eigenvalue weighted by Gasteiger charge is 2.27. The Morgan fingerprint density at radius 1 is 1.25 bits per heavy atom. The smallest absolute Gasteiger partial charge is 0.254 e. The first-order chi connectivity index (χ1) is 11.6. The molecule has 1 saturated heterocycles. The van der Waals surface area contributed by atoms with Gasteiger partial charge >= 0.3 is 0 Å². The molecule has 0 N–H and O–H groups in total. The lowest BCUT2D eigenvalue weighted by atomic mass is 10.1. The molecule has 6 heteroatoms. The van der Waals surface area contributed by atoms with Crippen molar-refractivity contribution < 1.29 is 9.53 Å². The average Bonchev–Trinajstić information content (AvgIpc) is 2.61. The summed E-state index contributed by atoms with van der Waals surface area (Å²) < 4.78 is 5.77. The van der Waals surface area contributed by atoms with Crippen LogP contribution in [0.15, 0.2) is 42.5 Å². The molecule has 0 saturated carbocycles. The minimum absolute atomic E-state index is 0.120. The Morgan fingerprint density at radius 3 is 2.83 bits per heavy atom. The van der Waals surface area contributed by atoms with E-state index >= 15 is 0 Å². The summed E-state index contributed by atoms with van der Waals surface area (Å²) in [6, 6.07) is 14.0. The van der Waals surface area contributed by atoms with Crippen molar-refractivity contribution in [1.29, 1.82) is 5.26 Å². The fraction of sp³-hybridized carbons (Fsp3) is 0.222. The monoisotopic (exact) mass is 360 g/mol. The third-order valence-corrected chi connectivity index (χ3v) is 4.46. The molecule has 2 aromatic carbocycles. The van der Waals surface area contributed by atoms with Gasteiger partial charge in [0.2, 0.25) is 0 Å². The van der Waals surface area contributed by atoms with Crippen molar-refractivity contribution in [2.45, 2.75) is 6.10 Å². The van der Waals surface area contributed by atoms with Gasteiger partial charge in [0.1, 0.15) is 6.10 Å². The third kappa shape index (κ3) is 3.54. The van der Waals surface area contributed by atoms with E-state index < -0.39 is 0 Å². The number of nitriles is 1. The quantitative estimate of drug-likeness (QED) is 0.810. The van der Waals surface area contributed by atoms with Gasteiger partial charge in [-0.15, -0.1) is 0 Å². The Kier molecular flexibility index (Phi) is 5.06. The van der Waals surface area contributed by atoms with Gasteiger partial charge in [-0.1, -0.05) is 35.3 Å². The summed E-state index contributed by atoms with van der Waals surface area (Å²) in [5.74, 6) is -0.120. The van der Waals surface area contributed by atoms with Crippen molar-refractivity contribution >= 4 is 29.1 Å². The lowest BCUT2D eigenvalue weighted by molar-refractivity contribution is -0.0227. The van der Waals surface area contributed by atoms with Crippen LogP contribution in [0.2, 0.25) is 10.0 Å². The van der Waals surface area contributed by atoms with Crippen molar-refractivity contribution in [3.8, 4) is 6.07 Å². The molecular formula is C18H14Cl2N2O2. The maximum atomic E-state index is 12.7. The van der Waals surface area contributed by atoms with Crippen LogP contribution in [0.4, 0.5) is 0 Å². The van der Waals surface area contributed by atoms with Crippen LogP contribution in [-0.2, 0) is 4.74 Å². The number of amides is 1. The lowest BCUT2D eigenvalue weighted by Crippen LogP contribution is -2.42. The lowest BCUT2D eigenvalue weighted by Gasteiger charge is -2.33. The van der Waals surface area contributed by atoms with Crippen molar-refractivity contribution in [1.82, 2.24) is 4.90 Å². The van der Waals surface area contributed by atoms with Gasteiger partial charge in [0.05, 0.1) is 24.8 Å². The Bertz CT molecular complexity index is 817. The summed E-state index contributed by atoms with van der Waals surface area (Å²) in [6.07, 6.45) is -0.299. The van der Waals surface area contributed by atoms with Crippen LogP contribution in [0.5, 0.6) is 0 Å². The molecular weight excluding hydrogens is 347 g/mol. The summed E-state index contributed by atoms with van der Waals surface area (Å²) in [7, 11) is 0. The van der Waals surface area contributed by atoms with Gasteiger partial charge < -0.3 is 9.64 Å². The second-order valence-corrected chi connectivity index (χ2v) is 6.31. The number of carbonyl (C=O) groups is 1. The fourth-order valence-corrected chi connectivity index (χ4v) is 3.22. The Labute approximate surface area is 150 Å². The van der Waals surface area contributed by atoms with Crippen molar-refractivity contribution in [2.75, 3.05) is 19.7 Å². The van der Waals surface area contributed by atoms with E-state index in [1.807, 2.05) is 12.1 Å². The first-order valence-electron chi connectivity index (χ1n) is 7.44. The highest BCUT2D eigenvalue weighted by Crippen LogP contribution is 2.31. The van der Waals surface area contributed by atoms with Crippen LogP contribution in [0.25, 0.3) is 0 Å². The molecule has 2 aromatic rings. The van der Waals surface area contributed by atoms with E-state index in [0.717, 1.165) is 5.56 Å². The number of carbonyl (C=O) groups excluding carboxylic acids is 1. The zero-order chi connectivity index (χ0) is 17.1. The molecule has 1 unspecified atom stereocenters. The highest BCUT2D eigenvalue weighted by molar-refractivity contribution is 6.35. The van der Waals surface area contributed by atoms with E-state index in [1.165, 1.54) is 0 Å². The fourth-order valence-electron chi connectivity index (χ4n) is 2.69. The molecule has 0 radical (unpaired) electrons. The van der Waals surface area contributed by atoms with Gasteiger partial charge in [-0.25, -0.2) is 0 Å². The molecule has 1 aliphatic rings. The average molecular weight is 361 g/mol. The number of morpholine rings is 1. The molecule has 1 atom stereocenters. The summed E-state index contributed by atoms with van der Waals surface area (Å²) in [4.78, 5) is 14.4. The predicted molar refractivity (Wildman–Crippen MR) is 92.2 cm³/mol. The van der Waals surface area contributed by atoms with Crippen LogP contribution in [0, 0.1) is 11.3 Å². The minimum Gasteiger partial charge on any atom is -0.370 e. The summed E-state index contributed by atoms with van der Waals surface area (Å²) >= 11 is 12.2. The molecule has 1 heterocycles. The summed E-state index contributed by atoms with van der Waals surface area (Å²) in [6.45, 7) is 1.32. The number of rotatable bonds is 2. The van der Waals surface area contributed by atoms with Crippen LogP contribution in [-0.4, -0.2) is 30.5 Å². The third-order valence-electron chi connectivity index (χ3n) is 3.90. The molecule has 0 spiro atoms. The van der Waals surface area contributed by atoms with Crippen molar-refractivity contribution in [2.24, 2.45) is 0 Å². The summed E-state index contributed by atoms with van der Waals surface area (Å²) in [5, 5.41) is 10.1. The van der Waals surface area contributed by atoms with Crippen LogP contribution in [0.3, 0.4) is 0 Å². The standard InChI is InChI=1S/C18H14Cl2N2O2/c19-14-4-5-15(16(20)9-14)17-11-22(6-7-24-17)18(23)13-3-1-2-12(8-13)10-21/h1-5,8-9,17H,6-7,11H2. The van der Waals surface area contributed by atoms with E-state index in [1.54, 1.807) is 41.3 Å². The molecule has 1 aliphatic heterocycles. The second-order valence-electron chi connectivity index (χ2n) is 5.47. The van der Waals surface area contributed by atoms with Gasteiger partial charge in [0, 0.05) is 27.7 Å². The maximum Gasteiger partial charge on any atom is 0.254 e. The zero-order valence-electron chi connectivity index (χ0n) is 12.7. The number of hydrogen-bond acceptors (Lipinski definition) is 3. The maximum absolute atomic E-state index is 12.7. The number of benzene rings is 2. The molecule has 4 nitrogen and oxygen atoms in total. The van der Waals surface area contributed by atoms with Gasteiger partial charge in [0.15, 0.2) is 0 Å². The first kappa shape index (κ1) is 16.8. The molecule has 122 valence electrons. The van der Waals surface area contributed by atoms with Crippen molar-refractivity contribution in [3.05, 3.63) is 69.2 Å². The predicted octanol–water partition coefficient (Wildman–Crippen LogP) is 4.08. The largest absolute Gasteiger partial charge is 0.370 e. The van der Waals surface area contributed by atoms with Crippen molar-refractivity contribution in [3.63, 3.8) is 0 Å².